The van der Waals surface area contributed by atoms with E-state index in [4.69, 9.17) is 20.5 Å². The van der Waals surface area contributed by atoms with Crippen molar-refractivity contribution in [2.45, 2.75) is 38.6 Å². The maximum Gasteiger partial charge on any atom is 0.292 e. The molecule has 4 heterocycles. The van der Waals surface area contributed by atoms with Gasteiger partial charge in [0.25, 0.3) is 5.91 Å². The van der Waals surface area contributed by atoms with Crippen molar-refractivity contribution in [3.63, 3.8) is 0 Å². The van der Waals surface area contributed by atoms with Gasteiger partial charge in [-0.3, -0.25) is 9.48 Å². The number of likely N-dealkylation sites (tertiary alicyclic amines) is 1. The Morgan fingerprint density at radius 1 is 1.27 bits per heavy atom. The van der Waals surface area contributed by atoms with Gasteiger partial charge in [0.2, 0.25) is 5.76 Å². The van der Waals surface area contributed by atoms with Gasteiger partial charge in [0, 0.05) is 48.9 Å². The average molecular weight is 466 g/mol. The summed E-state index contributed by atoms with van der Waals surface area (Å²) in [5.74, 6) is 1.49. The molecule has 170 valence electrons. The van der Waals surface area contributed by atoms with Crippen molar-refractivity contribution in [3.8, 4) is 11.3 Å². The predicted molar refractivity (Wildman–Crippen MR) is 122 cm³/mol. The highest BCUT2D eigenvalue weighted by Gasteiger charge is 2.30. The van der Waals surface area contributed by atoms with Crippen LogP contribution in [-0.4, -0.2) is 43.8 Å². The molecule has 1 aliphatic heterocycles. The number of oxazole rings is 1. The Morgan fingerprint density at radius 3 is 2.97 bits per heavy atom. The molecule has 0 radical (unpaired) electrons. The van der Waals surface area contributed by atoms with Crippen LogP contribution in [0.4, 0.5) is 0 Å². The molecule has 1 saturated heterocycles. The van der Waals surface area contributed by atoms with Gasteiger partial charge in [-0.2, -0.15) is 5.10 Å². The van der Waals surface area contributed by atoms with E-state index in [1.54, 1.807) is 28.0 Å². The molecular weight excluding hydrogens is 442 g/mol. The lowest BCUT2D eigenvalue weighted by atomic mass is 9.98. The van der Waals surface area contributed by atoms with E-state index in [2.05, 4.69) is 15.2 Å². The molecule has 8 nitrogen and oxygen atoms in total. The lowest BCUT2D eigenvalue weighted by molar-refractivity contribution is 0.0656. The molecular formula is C24H24ClN5O3. The summed E-state index contributed by atoms with van der Waals surface area (Å²) in [5.41, 5.74) is 2.42. The molecule has 4 aromatic rings. The van der Waals surface area contributed by atoms with Crippen LogP contribution in [0.5, 0.6) is 0 Å². The Morgan fingerprint density at radius 2 is 2.15 bits per heavy atom. The van der Waals surface area contributed by atoms with Crippen LogP contribution in [0.25, 0.3) is 11.3 Å². The topological polar surface area (TPSA) is 90.2 Å². The van der Waals surface area contributed by atoms with Crippen LogP contribution in [-0.2, 0) is 13.0 Å². The van der Waals surface area contributed by atoms with E-state index in [-0.39, 0.29) is 17.6 Å². The summed E-state index contributed by atoms with van der Waals surface area (Å²) in [6, 6.07) is 9.37. The van der Waals surface area contributed by atoms with Crippen LogP contribution in [0.15, 0.2) is 57.9 Å². The van der Waals surface area contributed by atoms with Gasteiger partial charge in [-0.05, 0) is 31.4 Å². The molecule has 0 spiro atoms. The number of nitrogens with zero attached hydrogens (tertiary/aromatic N) is 5. The fourth-order valence-electron chi connectivity index (χ4n) is 4.12. The first-order valence-corrected chi connectivity index (χ1v) is 11.5. The number of hydrogen-bond donors (Lipinski definition) is 0. The lowest BCUT2D eigenvalue weighted by Crippen LogP contribution is -2.39. The maximum absolute atomic E-state index is 13.1. The molecule has 1 aliphatic rings. The zero-order valence-electron chi connectivity index (χ0n) is 18.3. The molecule has 33 heavy (non-hydrogen) atoms. The monoisotopic (exact) mass is 465 g/mol. The molecule has 0 saturated carbocycles. The van der Waals surface area contributed by atoms with E-state index in [1.807, 2.05) is 37.4 Å². The number of halogens is 1. The van der Waals surface area contributed by atoms with Gasteiger partial charge in [0.05, 0.1) is 18.3 Å². The molecule has 0 bridgehead atoms. The van der Waals surface area contributed by atoms with Crippen molar-refractivity contribution in [1.29, 1.82) is 0 Å². The van der Waals surface area contributed by atoms with Gasteiger partial charge < -0.3 is 13.8 Å². The zero-order chi connectivity index (χ0) is 22.8. The molecule has 0 unspecified atom stereocenters. The number of benzene rings is 1. The molecule has 3 aromatic heterocycles. The summed E-state index contributed by atoms with van der Waals surface area (Å²) in [4.78, 5) is 19.3. The summed E-state index contributed by atoms with van der Waals surface area (Å²) in [5, 5.41) is 9.01. The van der Waals surface area contributed by atoms with Crippen LogP contribution < -0.4 is 0 Å². The van der Waals surface area contributed by atoms with Gasteiger partial charge >= 0.3 is 0 Å². The molecule has 9 heteroatoms. The highest BCUT2D eigenvalue weighted by Crippen LogP contribution is 2.29. The third-order valence-corrected chi connectivity index (χ3v) is 6.29. The Labute approximate surface area is 196 Å². The molecule has 1 fully saturated rings. The molecule has 0 aliphatic carbocycles. The second-order valence-corrected chi connectivity index (χ2v) is 8.59. The fraction of sp³-hybridized carbons (Fsp3) is 0.333. The van der Waals surface area contributed by atoms with Crippen molar-refractivity contribution in [2.24, 2.45) is 0 Å². The van der Waals surface area contributed by atoms with E-state index in [1.165, 1.54) is 0 Å². The number of carbonyl (C=O) groups excluding carboxylic acids is 1. The van der Waals surface area contributed by atoms with E-state index >= 15 is 0 Å². The van der Waals surface area contributed by atoms with E-state index < -0.39 is 0 Å². The van der Waals surface area contributed by atoms with E-state index in [0.717, 1.165) is 36.3 Å². The van der Waals surface area contributed by atoms with Crippen LogP contribution in [0, 0.1) is 0 Å². The Hall–Kier alpha value is -3.39. The number of rotatable bonds is 6. The predicted octanol–water partition coefficient (Wildman–Crippen LogP) is 4.81. The highest BCUT2D eigenvalue weighted by molar-refractivity contribution is 6.31. The number of hydrogen-bond acceptors (Lipinski definition) is 6. The van der Waals surface area contributed by atoms with Gasteiger partial charge in [0.1, 0.15) is 11.5 Å². The quantitative estimate of drug-likeness (QED) is 0.406. The smallest absolute Gasteiger partial charge is 0.292 e. The molecule has 1 aromatic carbocycles. The number of piperidine rings is 1. The molecule has 1 atom stereocenters. The summed E-state index contributed by atoms with van der Waals surface area (Å²) in [7, 11) is 0. The van der Waals surface area contributed by atoms with Crippen LogP contribution in [0.3, 0.4) is 0 Å². The Bertz CT molecular complexity index is 1260. The number of carbonyl (C=O) groups is 1. The van der Waals surface area contributed by atoms with Gasteiger partial charge in [-0.1, -0.05) is 35.0 Å². The van der Waals surface area contributed by atoms with Crippen molar-refractivity contribution in [3.05, 3.63) is 76.9 Å². The average Bonchev–Trinajstić information content (AvgIpc) is 3.60. The minimum Gasteiger partial charge on any atom is -0.445 e. The Kier molecular flexibility index (Phi) is 6.00. The fourth-order valence-corrected chi connectivity index (χ4v) is 4.32. The highest BCUT2D eigenvalue weighted by atomic mass is 35.5. The van der Waals surface area contributed by atoms with Crippen LogP contribution in [0.2, 0.25) is 5.02 Å². The van der Waals surface area contributed by atoms with Crippen molar-refractivity contribution >= 4 is 17.5 Å². The third-order valence-electron chi connectivity index (χ3n) is 5.93. The van der Waals surface area contributed by atoms with Crippen molar-refractivity contribution < 1.29 is 13.7 Å². The number of aryl methyl sites for hydroxylation is 1. The summed E-state index contributed by atoms with van der Waals surface area (Å²) in [6.45, 7) is 3.95. The summed E-state index contributed by atoms with van der Waals surface area (Å²) >= 11 is 6.27. The standard InChI is InChI=1S/C24H24ClN5O3/c1-2-30-15-18(12-27-30)21-11-22(33-28-21)24(31)29-9-5-7-17(14-29)23-26-13-19(32-23)10-16-6-3-4-8-20(16)25/h3-4,6,8,11-13,15,17H,2,5,7,9-10,14H2,1H3/t17-/m0/s1. The summed E-state index contributed by atoms with van der Waals surface area (Å²) in [6.07, 6.45) is 7.70. The van der Waals surface area contributed by atoms with Crippen molar-refractivity contribution in [2.75, 3.05) is 13.1 Å². The van der Waals surface area contributed by atoms with E-state index in [9.17, 15) is 4.79 Å². The SMILES string of the molecule is CCn1cc(-c2cc(C(=O)N3CCC[C@H](c4ncc(Cc5ccccc5Cl)o4)C3)on2)cn1. The van der Waals surface area contributed by atoms with Gasteiger partial charge in [0.15, 0.2) is 5.89 Å². The third kappa shape index (κ3) is 4.57. The maximum atomic E-state index is 13.1. The number of aromatic nitrogens is 4. The van der Waals surface area contributed by atoms with Gasteiger partial charge in [-0.25, -0.2) is 4.98 Å². The molecule has 0 N–H and O–H groups in total. The van der Waals surface area contributed by atoms with Crippen LogP contribution >= 0.6 is 11.6 Å². The second-order valence-electron chi connectivity index (χ2n) is 8.18. The first-order valence-electron chi connectivity index (χ1n) is 11.1. The Balaban J connectivity index is 1.26. The normalized spacial score (nSPS) is 16.3. The molecule has 5 rings (SSSR count). The van der Waals surface area contributed by atoms with Gasteiger partial charge in [-0.15, -0.1) is 0 Å². The minimum absolute atomic E-state index is 0.0351. The number of amides is 1. The minimum atomic E-state index is -0.177. The zero-order valence-corrected chi connectivity index (χ0v) is 19.0. The summed E-state index contributed by atoms with van der Waals surface area (Å²) < 4.78 is 13.2. The van der Waals surface area contributed by atoms with Crippen molar-refractivity contribution in [1.82, 2.24) is 24.8 Å². The molecule has 1 amide bonds. The first kappa shape index (κ1) is 21.5. The largest absolute Gasteiger partial charge is 0.445 e. The lowest BCUT2D eigenvalue weighted by Gasteiger charge is -2.30. The first-order chi connectivity index (χ1) is 16.1. The second kappa shape index (κ2) is 9.23. The van der Waals surface area contributed by atoms with E-state index in [0.29, 0.717) is 36.1 Å². The van der Waals surface area contributed by atoms with Crippen LogP contribution in [0.1, 0.15) is 53.5 Å².